The Morgan fingerprint density at radius 2 is 1.94 bits per heavy atom. The molecule has 0 saturated heterocycles. The van der Waals surface area contributed by atoms with Crippen molar-refractivity contribution >= 4 is 11.8 Å². The van der Waals surface area contributed by atoms with Gasteiger partial charge in [-0.1, -0.05) is 12.8 Å². The lowest BCUT2D eigenvalue weighted by atomic mass is 10.2. The van der Waals surface area contributed by atoms with Crippen molar-refractivity contribution in [3.63, 3.8) is 0 Å². The van der Waals surface area contributed by atoms with E-state index in [2.05, 4.69) is 16.0 Å². The van der Waals surface area contributed by atoms with Gasteiger partial charge in [-0.05, 0) is 26.7 Å². The fraction of sp³-hybridized carbons (Fsp3) is 0.833. The Kier molecular flexibility index (Phi) is 5.97. The predicted octanol–water partition coefficient (Wildman–Crippen LogP) is 0.159. The third-order valence-electron chi connectivity index (χ3n) is 3.03. The highest BCUT2D eigenvalue weighted by atomic mass is 16.2. The van der Waals surface area contributed by atoms with E-state index in [1.54, 1.807) is 6.92 Å². The molecule has 0 aromatic heterocycles. The van der Waals surface area contributed by atoms with E-state index >= 15 is 0 Å². The van der Waals surface area contributed by atoms with Crippen LogP contribution in [0.4, 0.5) is 0 Å². The Hall–Kier alpha value is -1.10. The first-order valence-electron chi connectivity index (χ1n) is 6.44. The normalized spacial score (nSPS) is 17.8. The molecular weight excluding hydrogens is 218 g/mol. The van der Waals surface area contributed by atoms with Crippen molar-refractivity contribution in [3.05, 3.63) is 0 Å². The Labute approximate surface area is 103 Å². The van der Waals surface area contributed by atoms with Crippen LogP contribution < -0.4 is 16.0 Å². The van der Waals surface area contributed by atoms with Gasteiger partial charge in [0.15, 0.2) is 0 Å². The smallest absolute Gasteiger partial charge is 0.236 e. The van der Waals surface area contributed by atoms with Gasteiger partial charge in [0.05, 0.1) is 12.6 Å². The molecule has 0 bridgehead atoms. The first-order valence-corrected chi connectivity index (χ1v) is 6.44. The zero-order chi connectivity index (χ0) is 12.7. The van der Waals surface area contributed by atoms with Gasteiger partial charge in [0.1, 0.15) is 0 Å². The molecule has 1 unspecified atom stereocenters. The average molecular weight is 241 g/mol. The van der Waals surface area contributed by atoms with Crippen LogP contribution >= 0.6 is 0 Å². The fourth-order valence-corrected chi connectivity index (χ4v) is 2.01. The molecule has 3 N–H and O–H groups in total. The number of carbonyl (C=O) groups is 2. The molecule has 1 rings (SSSR count). The van der Waals surface area contributed by atoms with Crippen LogP contribution in [0.5, 0.6) is 0 Å². The van der Waals surface area contributed by atoms with Crippen LogP contribution in [-0.2, 0) is 9.59 Å². The van der Waals surface area contributed by atoms with Crippen LogP contribution in [0.25, 0.3) is 0 Å². The second-order valence-electron chi connectivity index (χ2n) is 4.55. The summed E-state index contributed by atoms with van der Waals surface area (Å²) < 4.78 is 0. The van der Waals surface area contributed by atoms with Crippen LogP contribution in [0.2, 0.25) is 0 Å². The number of likely N-dealkylation sites (N-methyl/N-ethyl adjacent to an activating group) is 1. The van der Waals surface area contributed by atoms with Crippen molar-refractivity contribution in [2.45, 2.75) is 51.6 Å². The van der Waals surface area contributed by atoms with Gasteiger partial charge in [0.2, 0.25) is 11.8 Å². The minimum atomic E-state index is -0.329. The molecule has 0 aromatic carbocycles. The molecule has 2 amide bonds. The van der Waals surface area contributed by atoms with Crippen molar-refractivity contribution in [3.8, 4) is 0 Å². The highest BCUT2D eigenvalue weighted by Gasteiger charge is 2.18. The summed E-state index contributed by atoms with van der Waals surface area (Å²) in [7, 11) is 0. The van der Waals surface area contributed by atoms with E-state index in [9.17, 15) is 9.59 Å². The summed E-state index contributed by atoms with van der Waals surface area (Å²) in [6, 6.07) is 0.00773. The van der Waals surface area contributed by atoms with Gasteiger partial charge in [0.25, 0.3) is 0 Å². The molecule has 1 atom stereocenters. The zero-order valence-corrected chi connectivity index (χ0v) is 10.7. The predicted molar refractivity (Wildman–Crippen MR) is 66.5 cm³/mol. The van der Waals surface area contributed by atoms with Crippen molar-refractivity contribution in [2.24, 2.45) is 0 Å². The third-order valence-corrected chi connectivity index (χ3v) is 3.03. The molecule has 5 nitrogen and oxygen atoms in total. The first-order chi connectivity index (χ1) is 8.13. The quantitative estimate of drug-likeness (QED) is 0.620. The Balaban J connectivity index is 2.16. The average Bonchev–Trinajstić information content (AvgIpc) is 2.79. The lowest BCUT2D eigenvalue weighted by Crippen LogP contribution is -2.47. The highest BCUT2D eigenvalue weighted by molar-refractivity contribution is 5.83. The number of hydrogen-bond donors (Lipinski definition) is 3. The number of amides is 2. The second-order valence-corrected chi connectivity index (χ2v) is 4.55. The minimum absolute atomic E-state index is 0.0203. The standard InChI is InChI=1S/C12H23N3O2/c1-3-13-12(17)9(2)14-8-11(16)15-10-6-4-5-7-10/h9-10,14H,3-8H2,1-2H3,(H,13,17)(H,15,16). The number of rotatable bonds is 6. The van der Waals surface area contributed by atoms with E-state index in [0.717, 1.165) is 12.8 Å². The molecule has 5 heteroatoms. The van der Waals surface area contributed by atoms with E-state index in [4.69, 9.17) is 0 Å². The fourth-order valence-electron chi connectivity index (χ4n) is 2.01. The van der Waals surface area contributed by atoms with Crippen LogP contribution in [-0.4, -0.2) is 37.0 Å². The molecule has 0 aromatic rings. The van der Waals surface area contributed by atoms with E-state index < -0.39 is 0 Å². The molecule has 1 saturated carbocycles. The van der Waals surface area contributed by atoms with Gasteiger partial charge in [0, 0.05) is 12.6 Å². The number of carbonyl (C=O) groups excluding carboxylic acids is 2. The molecular formula is C12H23N3O2. The summed E-state index contributed by atoms with van der Waals surface area (Å²) in [5.74, 6) is -0.0887. The van der Waals surface area contributed by atoms with Crippen molar-refractivity contribution < 1.29 is 9.59 Å². The van der Waals surface area contributed by atoms with Crippen molar-refractivity contribution in [2.75, 3.05) is 13.1 Å². The number of hydrogen-bond acceptors (Lipinski definition) is 3. The van der Waals surface area contributed by atoms with E-state index in [0.29, 0.717) is 12.6 Å². The Morgan fingerprint density at radius 1 is 1.29 bits per heavy atom. The second kappa shape index (κ2) is 7.27. The van der Waals surface area contributed by atoms with E-state index in [-0.39, 0.29) is 24.4 Å². The maximum absolute atomic E-state index is 11.6. The van der Waals surface area contributed by atoms with Gasteiger partial charge in [-0.2, -0.15) is 0 Å². The van der Waals surface area contributed by atoms with Crippen LogP contribution in [0, 0.1) is 0 Å². The number of nitrogens with one attached hydrogen (secondary N) is 3. The summed E-state index contributed by atoms with van der Waals surface area (Å²) in [5, 5.41) is 8.60. The molecule has 0 spiro atoms. The molecule has 17 heavy (non-hydrogen) atoms. The summed E-state index contributed by atoms with van der Waals surface area (Å²) >= 11 is 0. The van der Waals surface area contributed by atoms with Gasteiger partial charge in [-0.15, -0.1) is 0 Å². The van der Waals surface area contributed by atoms with Gasteiger partial charge >= 0.3 is 0 Å². The molecule has 1 aliphatic carbocycles. The summed E-state index contributed by atoms with van der Waals surface area (Å²) in [6.07, 6.45) is 4.57. The third kappa shape index (κ3) is 5.17. The lowest BCUT2D eigenvalue weighted by Gasteiger charge is -2.15. The van der Waals surface area contributed by atoms with Crippen LogP contribution in [0.1, 0.15) is 39.5 Å². The highest BCUT2D eigenvalue weighted by Crippen LogP contribution is 2.17. The van der Waals surface area contributed by atoms with Gasteiger partial charge in [-0.3, -0.25) is 14.9 Å². The largest absolute Gasteiger partial charge is 0.355 e. The maximum atomic E-state index is 11.6. The molecule has 0 aliphatic heterocycles. The molecule has 0 heterocycles. The van der Waals surface area contributed by atoms with E-state index in [1.807, 2.05) is 6.92 Å². The van der Waals surface area contributed by atoms with Crippen molar-refractivity contribution in [1.29, 1.82) is 0 Å². The van der Waals surface area contributed by atoms with Gasteiger partial charge < -0.3 is 10.6 Å². The Bertz CT molecular complexity index is 262. The zero-order valence-electron chi connectivity index (χ0n) is 10.7. The molecule has 1 aliphatic rings. The summed E-state index contributed by atoms with van der Waals surface area (Å²) in [4.78, 5) is 23.0. The summed E-state index contributed by atoms with van der Waals surface area (Å²) in [5.41, 5.74) is 0. The maximum Gasteiger partial charge on any atom is 0.236 e. The monoisotopic (exact) mass is 241 g/mol. The van der Waals surface area contributed by atoms with Gasteiger partial charge in [-0.25, -0.2) is 0 Å². The van der Waals surface area contributed by atoms with Crippen LogP contribution in [0.15, 0.2) is 0 Å². The van der Waals surface area contributed by atoms with E-state index in [1.165, 1.54) is 12.8 Å². The first kappa shape index (κ1) is 14.0. The Morgan fingerprint density at radius 3 is 2.53 bits per heavy atom. The molecule has 0 radical (unpaired) electrons. The van der Waals surface area contributed by atoms with Crippen LogP contribution in [0.3, 0.4) is 0 Å². The summed E-state index contributed by atoms with van der Waals surface area (Å²) in [6.45, 7) is 4.44. The topological polar surface area (TPSA) is 70.2 Å². The van der Waals surface area contributed by atoms with Crippen molar-refractivity contribution in [1.82, 2.24) is 16.0 Å². The lowest BCUT2D eigenvalue weighted by molar-refractivity contribution is -0.123. The molecule has 1 fully saturated rings. The minimum Gasteiger partial charge on any atom is -0.355 e. The SMILES string of the molecule is CCNC(=O)C(C)NCC(=O)NC1CCCC1. The molecule has 98 valence electrons.